The third kappa shape index (κ3) is 1.82. The van der Waals surface area contributed by atoms with Crippen molar-refractivity contribution in [3.63, 3.8) is 0 Å². The van der Waals surface area contributed by atoms with Crippen molar-refractivity contribution >= 4 is 11.3 Å². The number of H-pyrrole nitrogens is 1. The van der Waals surface area contributed by atoms with Crippen molar-refractivity contribution in [2.45, 2.75) is 0 Å². The molecule has 0 atom stereocenters. The summed E-state index contributed by atoms with van der Waals surface area (Å²) in [5, 5.41) is 28.4. The van der Waals surface area contributed by atoms with Gasteiger partial charge in [-0.3, -0.25) is 5.10 Å². The van der Waals surface area contributed by atoms with Gasteiger partial charge in [-0.2, -0.15) is 5.10 Å². The van der Waals surface area contributed by atoms with Crippen LogP contribution < -0.4 is 0 Å². The summed E-state index contributed by atoms with van der Waals surface area (Å²) in [6.45, 7) is 0. The van der Waals surface area contributed by atoms with E-state index in [2.05, 4.69) is 15.2 Å². The number of nitrogens with one attached hydrogen (secondary N) is 1. The molecule has 0 aliphatic rings. The minimum atomic E-state index is 0.0106. The molecular weight excluding hydrogens is 250 g/mol. The van der Waals surface area contributed by atoms with Crippen LogP contribution in [0.2, 0.25) is 0 Å². The number of benzene rings is 1. The normalized spacial score (nSPS) is 10.7. The summed E-state index contributed by atoms with van der Waals surface area (Å²) >= 11 is 1.46. The van der Waals surface area contributed by atoms with E-state index in [4.69, 9.17) is 0 Å². The monoisotopic (exact) mass is 259 g/mol. The number of phenols is 2. The van der Waals surface area contributed by atoms with Gasteiger partial charge in [0, 0.05) is 23.2 Å². The van der Waals surface area contributed by atoms with E-state index in [1.165, 1.54) is 23.5 Å². The lowest BCUT2D eigenvalue weighted by molar-refractivity contribution is 0.452. The molecular formula is C12H9N3O2S. The molecule has 1 aromatic carbocycles. The van der Waals surface area contributed by atoms with E-state index in [1.54, 1.807) is 12.3 Å². The third-order valence-corrected chi connectivity index (χ3v) is 3.37. The van der Waals surface area contributed by atoms with Crippen LogP contribution in [-0.4, -0.2) is 25.4 Å². The molecule has 0 fully saturated rings. The fraction of sp³-hybridized carbons (Fsp3) is 0. The molecule has 0 bridgehead atoms. The largest absolute Gasteiger partial charge is 0.508 e. The minimum absolute atomic E-state index is 0.0106. The molecule has 2 aromatic heterocycles. The molecule has 0 saturated heterocycles. The van der Waals surface area contributed by atoms with E-state index in [1.807, 2.05) is 11.4 Å². The number of rotatable bonds is 2. The average molecular weight is 259 g/mol. The number of hydrogen-bond donors (Lipinski definition) is 3. The van der Waals surface area contributed by atoms with Gasteiger partial charge in [-0.1, -0.05) is 0 Å². The molecule has 2 heterocycles. The van der Waals surface area contributed by atoms with Crippen LogP contribution in [0.4, 0.5) is 0 Å². The van der Waals surface area contributed by atoms with Gasteiger partial charge in [-0.25, -0.2) is 4.98 Å². The Balaban J connectivity index is 2.03. The summed E-state index contributed by atoms with van der Waals surface area (Å²) in [4.78, 5) is 4.42. The number of nitrogens with zero attached hydrogens (tertiary/aromatic N) is 2. The zero-order valence-corrected chi connectivity index (χ0v) is 9.98. The molecule has 5 nitrogen and oxygen atoms in total. The standard InChI is InChI=1S/C12H9N3O2S/c16-7-1-2-8(11(17)5-7)10-6-18-12(14-10)9-3-4-13-15-9/h1-6,16-17H,(H,13,15). The van der Waals surface area contributed by atoms with Gasteiger partial charge in [0.15, 0.2) is 0 Å². The highest BCUT2D eigenvalue weighted by Crippen LogP contribution is 2.34. The molecule has 0 saturated carbocycles. The lowest BCUT2D eigenvalue weighted by atomic mass is 10.1. The number of hydrogen-bond acceptors (Lipinski definition) is 5. The van der Waals surface area contributed by atoms with Gasteiger partial charge in [0.1, 0.15) is 16.5 Å². The molecule has 6 heteroatoms. The predicted molar refractivity (Wildman–Crippen MR) is 68.5 cm³/mol. The fourth-order valence-electron chi connectivity index (χ4n) is 1.63. The lowest BCUT2D eigenvalue weighted by Gasteiger charge is -2.01. The highest BCUT2D eigenvalue weighted by Gasteiger charge is 2.11. The highest BCUT2D eigenvalue weighted by molar-refractivity contribution is 7.13. The number of aromatic nitrogens is 3. The topological polar surface area (TPSA) is 82.0 Å². The van der Waals surface area contributed by atoms with E-state index < -0.39 is 0 Å². The van der Waals surface area contributed by atoms with Gasteiger partial charge in [0.2, 0.25) is 0 Å². The van der Waals surface area contributed by atoms with E-state index in [0.717, 1.165) is 10.7 Å². The predicted octanol–water partition coefficient (Wildman–Crippen LogP) is 2.61. The Morgan fingerprint density at radius 2 is 2.06 bits per heavy atom. The van der Waals surface area contributed by atoms with Crippen molar-refractivity contribution in [2.24, 2.45) is 0 Å². The van der Waals surface area contributed by atoms with Crippen molar-refractivity contribution in [1.29, 1.82) is 0 Å². The van der Waals surface area contributed by atoms with Gasteiger partial charge >= 0.3 is 0 Å². The van der Waals surface area contributed by atoms with E-state index in [9.17, 15) is 10.2 Å². The molecule has 90 valence electrons. The summed E-state index contributed by atoms with van der Waals surface area (Å²) in [5.41, 5.74) is 2.10. The summed E-state index contributed by atoms with van der Waals surface area (Å²) < 4.78 is 0. The average Bonchev–Trinajstić information content (AvgIpc) is 2.99. The van der Waals surface area contributed by atoms with E-state index in [0.29, 0.717) is 11.3 Å². The number of aromatic hydroxyl groups is 2. The molecule has 0 spiro atoms. The second-order valence-electron chi connectivity index (χ2n) is 3.71. The first-order valence-corrected chi connectivity index (χ1v) is 6.09. The van der Waals surface area contributed by atoms with Crippen LogP contribution in [0, 0.1) is 0 Å². The second-order valence-corrected chi connectivity index (χ2v) is 4.57. The highest BCUT2D eigenvalue weighted by atomic mass is 32.1. The summed E-state index contributed by atoms with van der Waals surface area (Å²) in [5.74, 6) is 0.0386. The molecule has 3 rings (SSSR count). The van der Waals surface area contributed by atoms with Crippen molar-refractivity contribution < 1.29 is 10.2 Å². The van der Waals surface area contributed by atoms with Gasteiger partial charge in [-0.15, -0.1) is 11.3 Å². The van der Waals surface area contributed by atoms with Crippen LogP contribution in [0.1, 0.15) is 0 Å². The number of aromatic amines is 1. The molecule has 3 N–H and O–H groups in total. The second kappa shape index (κ2) is 4.15. The summed E-state index contributed by atoms with van der Waals surface area (Å²) in [6, 6.07) is 6.28. The first-order chi connectivity index (χ1) is 8.74. The molecule has 0 radical (unpaired) electrons. The fourth-order valence-corrected chi connectivity index (χ4v) is 2.43. The van der Waals surface area contributed by atoms with Gasteiger partial charge in [0.05, 0.1) is 11.4 Å². The minimum Gasteiger partial charge on any atom is -0.508 e. The maximum Gasteiger partial charge on any atom is 0.141 e. The Bertz CT molecular complexity index is 676. The van der Waals surface area contributed by atoms with Crippen molar-refractivity contribution in [2.75, 3.05) is 0 Å². The molecule has 0 aliphatic carbocycles. The molecule has 18 heavy (non-hydrogen) atoms. The Kier molecular flexibility index (Phi) is 2.49. The van der Waals surface area contributed by atoms with Crippen LogP contribution in [0.15, 0.2) is 35.8 Å². The van der Waals surface area contributed by atoms with Crippen LogP contribution in [0.25, 0.3) is 22.0 Å². The smallest absolute Gasteiger partial charge is 0.141 e. The zero-order chi connectivity index (χ0) is 12.5. The summed E-state index contributed by atoms with van der Waals surface area (Å²) in [6.07, 6.45) is 1.66. The van der Waals surface area contributed by atoms with E-state index in [-0.39, 0.29) is 11.5 Å². The lowest BCUT2D eigenvalue weighted by Crippen LogP contribution is -1.81. The first kappa shape index (κ1) is 10.8. The maximum absolute atomic E-state index is 9.77. The van der Waals surface area contributed by atoms with Crippen LogP contribution in [0.5, 0.6) is 11.5 Å². The van der Waals surface area contributed by atoms with Crippen LogP contribution >= 0.6 is 11.3 Å². The zero-order valence-electron chi connectivity index (χ0n) is 9.16. The Morgan fingerprint density at radius 1 is 1.17 bits per heavy atom. The Morgan fingerprint density at radius 3 is 2.78 bits per heavy atom. The van der Waals surface area contributed by atoms with Crippen LogP contribution in [-0.2, 0) is 0 Å². The van der Waals surface area contributed by atoms with Gasteiger partial charge < -0.3 is 10.2 Å². The molecule has 0 unspecified atom stereocenters. The number of phenolic OH excluding ortho intramolecular Hbond substituents is 2. The van der Waals surface area contributed by atoms with Crippen molar-refractivity contribution in [1.82, 2.24) is 15.2 Å². The quantitative estimate of drug-likeness (QED) is 0.660. The SMILES string of the molecule is Oc1ccc(-c2csc(-c3ccn[nH]3)n2)c(O)c1. The van der Waals surface area contributed by atoms with Gasteiger partial charge in [0.25, 0.3) is 0 Å². The molecule has 0 amide bonds. The Hall–Kier alpha value is -2.34. The first-order valence-electron chi connectivity index (χ1n) is 5.21. The number of thiazole rings is 1. The van der Waals surface area contributed by atoms with Gasteiger partial charge in [-0.05, 0) is 18.2 Å². The molecule has 3 aromatic rings. The maximum atomic E-state index is 9.77. The molecule has 0 aliphatic heterocycles. The van der Waals surface area contributed by atoms with Crippen LogP contribution in [0.3, 0.4) is 0 Å². The summed E-state index contributed by atoms with van der Waals surface area (Å²) in [7, 11) is 0. The van der Waals surface area contributed by atoms with E-state index >= 15 is 0 Å². The van der Waals surface area contributed by atoms with Crippen molar-refractivity contribution in [3.05, 3.63) is 35.8 Å². The third-order valence-electron chi connectivity index (χ3n) is 2.49. The Labute approximate surface area is 106 Å². The van der Waals surface area contributed by atoms with Crippen molar-refractivity contribution in [3.8, 4) is 33.5 Å².